The van der Waals surface area contributed by atoms with Crippen molar-refractivity contribution in [3.63, 3.8) is 0 Å². The SMILES string of the molecule is CC1=CC(N)=CCC1NNC1=C(S(=O)(=O)O)CC(N)C=C1.Nc1ccc(S(=O)(=O)O)cc1. The zero-order valence-electron chi connectivity index (χ0n) is 17.3. The minimum atomic E-state index is -4.28. The first-order valence-corrected chi connectivity index (χ1v) is 12.3. The van der Waals surface area contributed by atoms with Gasteiger partial charge in [0.2, 0.25) is 0 Å². The third-order valence-electron chi connectivity index (χ3n) is 4.64. The topological polar surface area (TPSA) is 211 Å². The van der Waals surface area contributed by atoms with E-state index in [1.54, 1.807) is 12.2 Å². The molecule has 10 N–H and O–H groups in total. The Labute approximate surface area is 187 Å². The number of benzene rings is 1. The van der Waals surface area contributed by atoms with Gasteiger partial charge in [-0.25, -0.2) is 5.43 Å². The maximum Gasteiger partial charge on any atom is 0.294 e. The molecule has 13 heteroatoms. The second-order valence-electron chi connectivity index (χ2n) is 7.23. The van der Waals surface area contributed by atoms with Crippen molar-refractivity contribution in [2.45, 2.75) is 36.7 Å². The van der Waals surface area contributed by atoms with Gasteiger partial charge in [-0.15, -0.1) is 0 Å². The summed E-state index contributed by atoms with van der Waals surface area (Å²) in [4.78, 5) is -0.260. The molecule has 0 saturated heterocycles. The monoisotopic (exact) mass is 485 g/mol. The van der Waals surface area contributed by atoms with Gasteiger partial charge in [0, 0.05) is 23.8 Å². The van der Waals surface area contributed by atoms with E-state index in [2.05, 4.69) is 10.9 Å². The lowest BCUT2D eigenvalue weighted by Gasteiger charge is -2.25. The zero-order valence-corrected chi connectivity index (χ0v) is 18.9. The van der Waals surface area contributed by atoms with Gasteiger partial charge in [-0.1, -0.05) is 17.7 Å². The zero-order chi connectivity index (χ0) is 24.1. The van der Waals surface area contributed by atoms with Crippen LogP contribution >= 0.6 is 0 Å². The molecule has 0 heterocycles. The Morgan fingerprint density at radius 2 is 1.66 bits per heavy atom. The Hall–Kier alpha value is -2.68. The molecular formula is C19H27N5O6S2. The second kappa shape index (κ2) is 10.3. The highest BCUT2D eigenvalue weighted by Gasteiger charge is 2.24. The van der Waals surface area contributed by atoms with Crippen LogP contribution in [0, 0.1) is 0 Å². The van der Waals surface area contributed by atoms with E-state index < -0.39 is 26.3 Å². The smallest absolute Gasteiger partial charge is 0.294 e. The highest BCUT2D eigenvalue weighted by atomic mass is 32.2. The quantitative estimate of drug-likeness (QED) is 0.174. The number of nitrogen functional groups attached to an aromatic ring is 1. The van der Waals surface area contributed by atoms with Crippen LogP contribution in [0.5, 0.6) is 0 Å². The fraction of sp³-hybridized carbons (Fsp3) is 0.263. The van der Waals surface area contributed by atoms with Crippen molar-refractivity contribution >= 4 is 25.9 Å². The number of hydrogen-bond donors (Lipinski definition) is 7. The molecule has 0 spiro atoms. The van der Waals surface area contributed by atoms with Gasteiger partial charge in [-0.2, -0.15) is 16.8 Å². The van der Waals surface area contributed by atoms with Crippen molar-refractivity contribution in [2.24, 2.45) is 11.5 Å². The Bertz CT molecular complexity index is 1170. The largest absolute Gasteiger partial charge is 0.399 e. The molecule has 176 valence electrons. The Balaban J connectivity index is 0.000000278. The molecule has 3 rings (SSSR count). The summed E-state index contributed by atoms with van der Waals surface area (Å²) in [5.74, 6) is 0. The molecule has 0 saturated carbocycles. The first kappa shape index (κ1) is 25.6. The highest BCUT2D eigenvalue weighted by Crippen LogP contribution is 2.21. The summed E-state index contributed by atoms with van der Waals surface area (Å²) >= 11 is 0. The predicted octanol–water partition coefficient (Wildman–Crippen LogP) is 0.544. The molecule has 2 aliphatic rings. The molecule has 32 heavy (non-hydrogen) atoms. The van der Waals surface area contributed by atoms with Crippen LogP contribution in [-0.2, 0) is 20.2 Å². The number of rotatable bonds is 5. The standard InChI is InChI=1S/C13H20N4O3S.C6H7NO3S/c1-8-6-9(14)2-4-11(8)16-17-12-5-3-10(15)7-13(12)21(18,19)20;7-5-1-3-6(4-2-5)11(8,9)10/h2-3,5-6,10-11,16-17H,4,7,14-15H2,1H3,(H,18,19,20);1-4H,7H2,(H,8,9,10). The third-order valence-corrected chi connectivity index (χ3v) is 6.51. The Morgan fingerprint density at radius 3 is 2.19 bits per heavy atom. The summed E-state index contributed by atoms with van der Waals surface area (Å²) in [7, 11) is -8.36. The summed E-state index contributed by atoms with van der Waals surface area (Å²) in [6.07, 6.45) is 7.73. The molecule has 0 aliphatic heterocycles. The summed E-state index contributed by atoms with van der Waals surface area (Å²) in [6.45, 7) is 1.93. The molecule has 1 aromatic carbocycles. The van der Waals surface area contributed by atoms with E-state index in [4.69, 9.17) is 21.8 Å². The Kier molecular flexibility index (Phi) is 8.23. The van der Waals surface area contributed by atoms with Gasteiger partial charge in [0.1, 0.15) is 0 Å². The molecular weight excluding hydrogens is 458 g/mol. The van der Waals surface area contributed by atoms with Crippen LogP contribution in [0.1, 0.15) is 19.8 Å². The van der Waals surface area contributed by atoms with Crippen LogP contribution in [0.25, 0.3) is 0 Å². The fourth-order valence-electron chi connectivity index (χ4n) is 2.90. The maximum atomic E-state index is 11.4. The van der Waals surface area contributed by atoms with Gasteiger partial charge >= 0.3 is 0 Å². The van der Waals surface area contributed by atoms with Crippen LogP contribution in [-0.4, -0.2) is 38.0 Å². The average molecular weight is 486 g/mol. The van der Waals surface area contributed by atoms with Gasteiger partial charge in [-0.3, -0.25) is 9.11 Å². The van der Waals surface area contributed by atoms with Crippen molar-refractivity contribution in [3.8, 4) is 0 Å². The first-order chi connectivity index (χ1) is 14.8. The van der Waals surface area contributed by atoms with Crippen molar-refractivity contribution in [1.29, 1.82) is 0 Å². The van der Waals surface area contributed by atoms with Gasteiger partial charge in [0.25, 0.3) is 20.2 Å². The molecule has 0 fully saturated rings. The molecule has 11 nitrogen and oxygen atoms in total. The van der Waals surface area contributed by atoms with Crippen LogP contribution in [0.15, 0.2) is 75.3 Å². The summed E-state index contributed by atoms with van der Waals surface area (Å²) in [5.41, 5.74) is 25.1. The van der Waals surface area contributed by atoms with Crippen LogP contribution in [0.4, 0.5) is 5.69 Å². The first-order valence-electron chi connectivity index (χ1n) is 9.40. The third kappa shape index (κ3) is 7.47. The molecule has 0 bridgehead atoms. The number of allylic oxidation sites excluding steroid dienone is 2. The van der Waals surface area contributed by atoms with Crippen molar-refractivity contribution in [2.75, 3.05) is 5.73 Å². The summed E-state index contributed by atoms with van der Waals surface area (Å²) in [6, 6.07) is 4.87. The fourth-order valence-corrected chi connectivity index (χ4v) is 4.18. The van der Waals surface area contributed by atoms with Gasteiger partial charge in [0.05, 0.1) is 21.5 Å². The van der Waals surface area contributed by atoms with E-state index in [-0.39, 0.29) is 22.3 Å². The lowest BCUT2D eigenvalue weighted by Crippen LogP contribution is -2.43. The molecule has 2 aliphatic carbocycles. The highest BCUT2D eigenvalue weighted by molar-refractivity contribution is 7.89. The lowest BCUT2D eigenvalue weighted by atomic mass is 9.99. The molecule has 2 atom stereocenters. The number of nitrogens with two attached hydrogens (primary N) is 3. The molecule has 0 amide bonds. The number of hydrazine groups is 1. The summed E-state index contributed by atoms with van der Waals surface area (Å²) < 4.78 is 61.5. The van der Waals surface area contributed by atoms with Crippen LogP contribution in [0.2, 0.25) is 0 Å². The van der Waals surface area contributed by atoms with Gasteiger partial charge in [-0.05, 0) is 49.8 Å². The van der Waals surface area contributed by atoms with E-state index in [9.17, 15) is 21.4 Å². The van der Waals surface area contributed by atoms with E-state index in [1.807, 2.05) is 19.1 Å². The van der Waals surface area contributed by atoms with Crippen LogP contribution in [0.3, 0.4) is 0 Å². The van der Waals surface area contributed by atoms with E-state index in [0.717, 1.165) is 5.57 Å². The lowest BCUT2D eigenvalue weighted by molar-refractivity contribution is 0.480. The number of nitrogens with one attached hydrogen (secondary N) is 2. The average Bonchev–Trinajstić information content (AvgIpc) is 2.67. The molecule has 2 unspecified atom stereocenters. The van der Waals surface area contributed by atoms with E-state index in [0.29, 0.717) is 23.5 Å². The summed E-state index contributed by atoms with van der Waals surface area (Å²) in [5, 5.41) is 0. The van der Waals surface area contributed by atoms with E-state index in [1.165, 1.54) is 24.3 Å². The number of hydrogen-bond acceptors (Lipinski definition) is 9. The van der Waals surface area contributed by atoms with Crippen LogP contribution < -0.4 is 28.1 Å². The molecule has 1 aromatic rings. The second-order valence-corrected chi connectivity index (χ2v) is 10.1. The molecule has 0 aromatic heterocycles. The molecule has 0 radical (unpaired) electrons. The predicted molar refractivity (Wildman–Crippen MR) is 122 cm³/mol. The van der Waals surface area contributed by atoms with Crippen molar-refractivity contribution in [3.05, 3.63) is 70.4 Å². The van der Waals surface area contributed by atoms with Gasteiger partial charge in [0.15, 0.2) is 0 Å². The van der Waals surface area contributed by atoms with Crippen molar-refractivity contribution in [1.82, 2.24) is 10.9 Å². The van der Waals surface area contributed by atoms with Crippen molar-refractivity contribution < 1.29 is 25.9 Å². The van der Waals surface area contributed by atoms with Gasteiger partial charge < -0.3 is 22.6 Å². The van der Waals surface area contributed by atoms with E-state index >= 15 is 0 Å². The number of anilines is 1. The normalized spacial score (nSPS) is 21.2. The Morgan fingerprint density at radius 1 is 1.03 bits per heavy atom. The maximum absolute atomic E-state index is 11.4. The minimum Gasteiger partial charge on any atom is -0.399 e. The minimum absolute atomic E-state index is 0.00329.